The second-order valence-electron chi connectivity index (χ2n) is 7.40. The third-order valence-electron chi connectivity index (χ3n) is 4.96. The van der Waals surface area contributed by atoms with E-state index in [1.54, 1.807) is 4.90 Å². The molecule has 3 aromatic rings. The zero-order chi connectivity index (χ0) is 23.3. The average Bonchev–Trinajstić information content (AvgIpc) is 3.03. The Labute approximate surface area is 185 Å². The second kappa shape index (κ2) is 9.86. The van der Waals surface area contributed by atoms with Crippen LogP contribution in [0.1, 0.15) is 22.5 Å². The quantitative estimate of drug-likeness (QED) is 0.304. The van der Waals surface area contributed by atoms with Gasteiger partial charge >= 0.3 is 11.7 Å². The minimum absolute atomic E-state index is 0.137. The number of nitro groups is 1. The fraction of sp³-hybridized carbons (Fsp3) is 0.261. The Hall–Kier alpha value is -4.01. The minimum Gasteiger partial charge on any atom is -0.454 e. The number of rotatable bonds is 8. The fourth-order valence-corrected chi connectivity index (χ4v) is 3.38. The number of nitrogens with zero attached hydrogens (tertiary/aromatic N) is 4. The summed E-state index contributed by atoms with van der Waals surface area (Å²) in [7, 11) is 0. The van der Waals surface area contributed by atoms with Crippen LogP contribution in [0.15, 0.2) is 54.6 Å². The highest BCUT2D eigenvalue weighted by Crippen LogP contribution is 2.22. The maximum absolute atomic E-state index is 13.0. The smallest absolute Gasteiger partial charge is 0.328 e. The molecule has 0 bridgehead atoms. The van der Waals surface area contributed by atoms with E-state index in [4.69, 9.17) is 4.74 Å². The van der Waals surface area contributed by atoms with E-state index < -0.39 is 17.5 Å². The number of hydrogen-bond donors (Lipinski definition) is 0. The van der Waals surface area contributed by atoms with Crippen LogP contribution in [0.5, 0.6) is 0 Å². The van der Waals surface area contributed by atoms with E-state index in [1.165, 1.54) is 18.5 Å². The zero-order valence-electron chi connectivity index (χ0n) is 18.1. The lowest BCUT2D eigenvalue weighted by Gasteiger charge is -2.23. The van der Waals surface area contributed by atoms with Crippen LogP contribution in [-0.2, 0) is 27.4 Å². The summed E-state index contributed by atoms with van der Waals surface area (Å²) in [5.41, 5.74) is 2.96. The van der Waals surface area contributed by atoms with Crippen molar-refractivity contribution in [3.8, 4) is 0 Å². The summed E-state index contributed by atoms with van der Waals surface area (Å²) in [6.07, 6.45) is 0. The molecule has 0 saturated carbocycles. The van der Waals surface area contributed by atoms with Gasteiger partial charge in [0, 0.05) is 5.69 Å². The first-order valence-electron chi connectivity index (χ1n) is 10.0. The number of anilines is 1. The Morgan fingerprint density at radius 1 is 1.09 bits per heavy atom. The van der Waals surface area contributed by atoms with Crippen molar-refractivity contribution < 1.29 is 19.2 Å². The minimum atomic E-state index is -0.706. The molecule has 1 heterocycles. The van der Waals surface area contributed by atoms with Crippen molar-refractivity contribution in [1.82, 2.24) is 9.78 Å². The number of ether oxygens (including phenoxy) is 1. The lowest BCUT2D eigenvalue weighted by Crippen LogP contribution is -2.34. The third kappa shape index (κ3) is 5.37. The topological polar surface area (TPSA) is 108 Å². The highest BCUT2D eigenvalue weighted by atomic mass is 16.6. The van der Waals surface area contributed by atoms with Crippen LogP contribution >= 0.6 is 0 Å². The van der Waals surface area contributed by atoms with Crippen molar-refractivity contribution in [2.45, 2.75) is 33.9 Å². The van der Waals surface area contributed by atoms with E-state index in [1.807, 2.05) is 61.5 Å². The first kappa shape index (κ1) is 22.7. The highest BCUT2D eigenvalue weighted by molar-refractivity contribution is 5.95. The van der Waals surface area contributed by atoms with E-state index in [9.17, 15) is 19.7 Å². The molecule has 2 aromatic carbocycles. The Morgan fingerprint density at radius 3 is 2.44 bits per heavy atom. The van der Waals surface area contributed by atoms with E-state index in [2.05, 4.69) is 5.10 Å². The molecule has 0 unspecified atom stereocenters. The standard InChI is InChI=1S/C23H24N4O5/c1-16-8-7-11-20(12-16)25(13-19-9-5-4-6-10-19)21(28)15-32-22(29)14-26-18(3)23(27(30)31)17(2)24-26/h4-12H,13-15H2,1-3H3. The molecule has 0 aliphatic rings. The highest BCUT2D eigenvalue weighted by Gasteiger charge is 2.24. The van der Waals surface area contributed by atoms with Crippen LogP contribution in [0, 0.1) is 30.9 Å². The lowest BCUT2D eigenvalue weighted by molar-refractivity contribution is -0.386. The summed E-state index contributed by atoms with van der Waals surface area (Å²) in [5, 5.41) is 15.2. The Morgan fingerprint density at radius 2 is 1.81 bits per heavy atom. The van der Waals surface area contributed by atoms with Crippen molar-refractivity contribution in [1.29, 1.82) is 0 Å². The largest absolute Gasteiger partial charge is 0.454 e. The van der Waals surface area contributed by atoms with Gasteiger partial charge in [-0.25, -0.2) is 0 Å². The number of carbonyl (C=O) groups is 2. The van der Waals surface area contributed by atoms with Crippen LogP contribution < -0.4 is 4.90 Å². The maximum Gasteiger partial charge on any atom is 0.328 e. The average molecular weight is 436 g/mol. The molecule has 32 heavy (non-hydrogen) atoms. The van der Waals surface area contributed by atoms with Crippen LogP contribution in [0.3, 0.4) is 0 Å². The molecule has 1 amide bonds. The summed E-state index contributed by atoms with van der Waals surface area (Å²) in [6, 6.07) is 17.0. The van der Waals surface area contributed by atoms with Crippen molar-refractivity contribution in [2.24, 2.45) is 0 Å². The summed E-state index contributed by atoms with van der Waals surface area (Å²) in [5.74, 6) is -1.09. The number of aromatic nitrogens is 2. The third-order valence-corrected chi connectivity index (χ3v) is 4.96. The number of aryl methyl sites for hydroxylation is 2. The summed E-state index contributed by atoms with van der Waals surface area (Å²) >= 11 is 0. The van der Waals surface area contributed by atoms with E-state index >= 15 is 0 Å². The predicted molar refractivity (Wildman–Crippen MR) is 118 cm³/mol. The molecule has 1 aromatic heterocycles. The van der Waals surface area contributed by atoms with E-state index in [0.717, 1.165) is 11.1 Å². The molecule has 9 heteroatoms. The molecule has 0 spiro atoms. The van der Waals surface area contributed by atoms with Gasteiger partial charge < -0.3 is 9.64 Å². The molecular weight excluding hydrogens is 412 g/mol. The molecule has 0 saturated heterocycles. The number of amides is 1. The predicted octanol–water partition coefficient (Wildman–Crippen LogP) is 3.49. The Balaban J connectivity index is 1.70. The van der Waals surface area contributed by atoms with Crippen molar-refractivity contribution in [3.05, 3.63) is 87.2 Å². The molecule has 0 N–H and O–H groups in total. The number of esters is 1. The fourth-order valence-electron chi connectivity index (χ4n) is 3.38. The number of hydrogen-bond acceptors (Lipinski definition) is 6. The monoisotopic (exact) mass is 436 g/mol. The van der Waals surface area contributed by atoms with Gasteiger partial charge in [-0.15, -0.1) is 0 Å². The maximum atomic E-state index is 13.0. The van der Waals surface area contributed by atoms with Gasteiger partial charge in [-0.3, -0.25) is 24.4 Å². The van der Waals surface area contributed by atoms with Gasteiger partial charge in [0.25, 0.3) is 5.91 Å². The van der Waals surface area contributed by atoms with Crippen molar-refractivity contribution in [3.63, 3.8) is 0 Å². The van der Waals surface area contributed by atoms with Gasteiger partial charge in [-0.2, -0.15) is 5.10 Å². The van der Waals surface area contributed by atoms with E-state index in [0.29, 0.717) is 12.2 Å². The van der Waals surface area contributed by atoms with Crippen molar-refractivity contribution in [2.75, 3.05) is 11.5 Å². The molecular formula is C23H24N4O5. The molecule has 166 valence electrons. The lowest BCUT2D eigenvalue weighted by atomic mass is 10.1. The van der Waals surface area contributed by atoms with Gasteiger partial charge in [-0.1, -0.05) is 42.5 Å². The van der Waals surface area contributed by atoms with Gasteiger partial charge in [-0.05, 0) is 44.0 Å². The Kier molecular flexibility index (Phi) is 6.99. The normalized spacial score (nSPS) is 10.6. The van der Waals surface area contributed by atoms with Crippen LogP contribution in [0.4, 0.5) is 11.4 Å². The molecule has 0 radical (unpaired) electrons. The summed E-state index contributed by atoms with van der Waals surface area (Å²) in [4.78, 5) is 37.4. The number of benzene rings is 2. The van der Waals surface area contributed by atoms with E-state index in [-0.39, 0.29) is 29.5 Å². The van der Waals surface area contributed by atoms with Crippen LogP contribution in [0.2, 0.25) is 0 Å². The van der Waals surface area contributed by atoms with Crippen LogP contribution in [-0.4, -0.2) is 33.2 Å². The van der Waals surface area contributed by atoms with Gasteiger partial charge in [0.2, 0.25) is 0 Å². The molecule has 0 fully saturated rings. The molecule has 0 aliphatic carbocycles. The first-order valence-corrected chi connectivity index (χ1v) is 10.0. The molecule has 0 aliphatic heterocycles. The number of carbonyl (C=O) groups excluding carboxylic acids is 2. The summed E-state index contributed by atoms with van der Waals surface area (Å²) < 4.78 is 6.39. The van der Waals surface area contributed by atoms with Gasteiger partial charge in [0.1, 0.15) is 17.9 Å². The summed E-state index contributed by atoms with van der Waals surface area (Å²) in [6.45, 7) is 4.49. The SMILES string of the molecule is Cc1cccc(N(Cc2ccccc2)C(=O)COC(=O)Cn2nc(C)c([N+](=O)[O-])c2C)c1. The second-order valence-corrected chi connectivity index (χ2v) is 7.40. The molecule has 3 rings (SSSR count). The van der Waals surface area contributed by atoms with Gasteiger partial charge in [0.05, 0.1) is 11.5 Å². The molecule has 9 nitrogen and oxygen atoms in total. The van der Waals surface area contributed by atoms with Crippen molar-refractivity contribution >= 4 is 23.3 Å². The molecule has 0 atom stereocenters. The first-order chi connectivity index (χ1) is 15.3. The van der Waals surface area contributed by atoms with Gasteiger partial charge in [0.15, 0.2) is 6.61 Å². The van der Waals surface area contributed by atoms with Crippen LogP contribution in [0.25, 0.3) is 0 Å². The zero-order valence-corrected chi connectivity index (χ0v) is 18.1. The Bertz CT molecular complexity index is 1140.